The summed E-state index contributed by atoms with van der Waals surface area (Å²) in [6.45, 7) is 4.01. The van der Waals surface area contributed by atoms with Crippen molar-refractivity contribution in [3.8, 4) is 0 Å². The average Bonchev–Trinajstić information content (AvgIpc) is 2.31. The van der Waals surface area contributed by atoms with Crippen molar-refractivity contribution in [2.24, 2.45) is 7.05 Å². The first-order chi connectivity index (χ1) is 6.09. The number of fused-ring (bicyclic) bond motifs is 1. The van der Waals surface area contributed by atoms with Crippen molar-refractivity contribution in [1.82, 2.24) is 9.90 Å². The Morgan fingerprint density at radius 3 is 2.62 bits per heavy atom. The quantitative estimate of drug-likeness (QED) is 0.442. The average molecular weight is 177 g/mol. The van der Waals surface area contributed by atoms with Crippen molar-refractivity contribution in [3.05, 3.63) is 28.5 Å². The predicted octanol–water partition coefficient (Wildman–Crippen LogP) is 0.824. The molecule has 2 rings (SSSR count). The Kier molecular flexibility index (Phi) is 1.52. The van der Waals surface area contributed by atoms with E-state index >= 15 is 0 Å². The van der Waals surface area contributed by atoms with Gasteiger partial charge in [-0.25, -0.2) is 0 Å². The van der Waals surface area contributed by atoms with Gasteiger partial charge in [-0.2, -0.15) is 0 Å². The molecule has 0 aliphatic rings. The molecule has 0 bridgehead atoms. The zero-order valence-electron chi connectivity index (χ0n) is 7.90. The maximum absolute atomic E-state index is 11.2. The molecule has 1 aromatic heterocycles. The zero-order chi connectivity index (χ0) is 9.59. The van der Waals surface area contributed by atoms with E-state index in [-0.39, 0.29) is 0 Å². The van der Waals surface area contributed by atoms with Gasteiger partial charge in [-0.15, -0.1) is 9.53 Å². The van der Waals surface area contributed by atoms with Gasteiger partial charge in [0.05, 0.1) is 5.21 Å². The summed E-state index contributed by atoms with van der Waals surface area (Å²) in [5.74, 6) is 0. The first kappa shape index (κ1) is 8.04. The van der Waals surface area contributed by atoms with Crippen LogP contribution in [0.4, 0.5) is 0 Å². The summed E-state index contributed by atoms with van der Waals surface area (Å²) in [6.07, 6.45) is 0. The van der Waals surface area contributed by atoms with Gasteiger partial charge in [0, 0.05) is 0 Å². The Morgan fingerprint density at radius 1 is 1.31 bits per heavy atom. The van der Waals surface area contributed by atoms with Crippen LogP contribution in [0.1, 0.15) is 11.1 Å². The second kappa shape index (κ2) is 2.45. The second-order valence-electron chi connectivity index (χ2n) is 3.31. The van der Waals surface area contributed by atoms with Gasteiger partial charge >= 0.3 is 0 Å². The fourth-order valence-corrected chi connectivity index (χ4v) is 1.42. The summed E-state index contributed by atoms with van der Waals surface area (Å²) in [4.78, 5) is 0.655. The molecule has 13 heavy (non-hydrogen) atoms. The molecule has 2 aromatic rings. The van der Waals surface area contributed by atoms with Crippen LogP contribution in [0, 0.1) is 19.1 Å². The standard InChI is InChI=1S/C9H11N3O/c1-6-4-8-9(5-7(6)2)12(13)10-11(8)3/h4-5H,1-3H3. The van der Waals surface area contributed by atoms with Crippen LogP contribution in [-0.4, -0.2) is 9.90 Å². The van der Waals surface area contributed by atoms with Gasteiger partial charge in [-0.1, -0.05) is 0 Å². The molecule has 0 saturated heterocycles. The summed E-state index contributed by atoms with van der Waals surface area (Å²) < 4.78 is 1.59. The van der Waals surface area contributed by atoms with Crippen LogP contribution in [0.25, 0.3) is 11.0 Å². The highest BCUT2D eigenvalue weighted by Crippen LogP contribution is 2.14. The Bertz CT molecular complexity index is 431. The van der Waals surface area contributed by atoms with E-state index in [0.29, 0.717) is 10.4 Å². The summed E-state index contributed by atoms with van der Waals surface area (Å²) in [7, 11) is 1.77. The smallest absolute Gasteiger partial charge is 0.202 e. The van der Waals surface area contributed by atoms with E-state index < -0.39 is 0 Å². The molecular formula is C9H11N3O. The minimum absolute atomic E-state index is 0.630. The fraction of sp³-hybridized carbons (Fsp3) is 0.333. The number of aryl methyl sites for hydroxylation is 3. The van der Waals surface area contributed by atoms with Crippen LogP contribution in [0.15, 0.2) is 12.1 Å². The molecule has 0 aliphatic heterocycles. The molecule has 0 atom stereocenters. The minimum atomic E-state index is 0.630. The molecule has 0 N–H and O–H groups in total. The van der Waals surface area contributed by atoms with Crippen molar-refractivity contribution < 1.29 is 4.85 Å². The van der Waals surface area contributed by atoms with Gasteiger partial charge in [-0.05, 0) is 37.1 Å². The minimum Gasteiger partial charge on any atom is -0.691 e. The normalized spacial score (nSPS) is 11.0. The zero-order valence-corrected chi connectivity index (χ0v) is 7.90. The maximum Gasteiger partial charge on any atom is 0.202 e. The summed E-state index contributed by atoms with van der Waals surface area (Å²) in [5.41, 5.74) is 3.80. The molecule has 1 aromatic carbocycles. The lowest BCUT2D eigenvalue weighted by Gasteiger charge is -1.97. The van der Waals surface area contributed by atoms with Gasteiger partial charge in [0.25, 0.3) is 0 Å². The van der Waals surface area contributed by atoms with Crippen LogP contribution < -0.4 is 4.85 Å². The summed E-state index contributed by atoms with van der Waals surface area (Å²) in [5, 5.41) is 15.0. The third-order valence-corrected chi connectivity index (χ3v) is 2.36. The predicted molar refractivity (Wildman–Crippen MR) is 49.1 cm³/mol. The largest absolute Gasteiger partial charge is 0.691 e. The number of benzene rings is 1. The topological polar surface area (TPSA) is 44.8 Å². The summed E-state index contributed by atoms with van der Waals surface area (Å²) in [6, 6.07) is 3.84. The van der Waals surface area contributed by atoms with E-state index in [2.05, 4.69) is 5.21 Å². The highest BCUT2D eigenvalue weighted by Gasteiger charge is 2.11. The lowest BCUT2D eigenvalue weighted by molar-refractivity contribution is -0.646. The fourth-order valence-electron chi connectivity index (χ4n) is 1.42. The SMILES string of the molecule is Cc1cc2c(cc1C)[n+]([O-])nn2C. The molecule has 0 amide bonds. The Labute approximate surface area is 76.0 Å². The van der Waals surface area contributed by atoms with Crippen molar-refractivity contribution in [2.45, 2.75) is 13.8 Å². The van der Waals surface area contributed by atoms with Crippen LogP contribution in [0.3, 0.4) is 0 Å². The molecule has 0 unspecified atom stereocenters. The van der Waals surface area contributed by atoms with Gasteiger partial charge in [0.2, 0.25) is 5.52 Å². The lowest BCUT2D eigenvalue weighted by atomic mass is 10.1. The molecule has 0 spiro atoms. The highest BCUT2D eigenvalue weighted by atomic mass is 16.5. The maximum atomic E-state index is 11.2. The van der Waals surface area contributed by atoms with Gasteiger partial charge < -0.3 is 5.21 Å². The third kappa shape index (κ3) is 1.06. The summed E-state index contributed by atoms with van der Waals surface area (Å²) >= 11 is 0. The van der Waals surface area contributed by atoms with Crippen LogP contribution >= 0.6 is 0 Å². The Hall–Kier alpha value is -1.58. The molecule has 4 heteroatoms. The van der Waals surface area contributed by atoms with Gasteiger partial charge in [0.15, 0.2) is 5.52 Å². The monoisotopic (exact) mass is 177 g/mol. The van der Waals surface area contributed by atoms with Gasteiger partial charge in [0.1, 0.15) is 7.05 Å². The number of hydrogen-bond acceptors (Lipinski definition) is 2. The van der Waals surface area contributed by atoms with E-state index in [1.165, 1.54) is 5.56 Å². The number of hydrogen-bond donors (Lipinski definition) is 0. The van der Waals surface area contributed by atoms with Gasteiger partial charge in [-0.3, -0.25) is 0 Å². The van der Waals surface area contributed by atoms with E-state index in [9.17, 15) is 5.21 Å². The molecular weight excluding hydrogens is 166 g/mol. The van der Waals surface area contributed by atoms with Crippen molar-refractivity contribution in [1.29, 1.82) is 0 Å². The number of aromatic nitrogens is 3. The Morgan fingerprint density at radius 2 is 1.92 bits per heavy atom. The van der Waals surface area contributed by atoms with Crippen LogP contribution in [0.5, 0.6) is 0 Å². The third-order valence-electron chi connectivity index (χ3n) is 2.36. The van der Waals surface area contributed by atoms with Crippen LogP contribution in [-0.2, 0) is 7.05 Å². The molecule has 1 heterocycles. The van der Waals surface area contributed by atoms with Crippen LogP contribution in [0.2, 0.25) is 0 Å². The first-order valence-electron chi connectivity index (χ1n) is 4.13. The molecule has 0 aliphatic carbocycles. The second-order valence-corrected chi connectivity index (χ2v) is 3.31. The first-order valence-corrected chi connectivity index (χ1v) is 4.13. The van der Waals surface area contributed by atoms with Crippen molar-refractivity contribution in [2.75, 3.05) is 0 Å². The van der Waals surface area contributed by atoms with E-state index in [4.69, 9.17) is 0 Å². The molecule has 0 fully saturated rings. The molecule has 68 valence electrons. The van der Waals surface area contributed by atoms with E-state index in [0.717, 1.165) is 11.1 Å². The Balaban J connectivity index is 2.91. The molecule has 0 saturated carbocycles. The molecule has 4 nitrogen and oxygen atoms in total. The van der Waals surface area contributed by atoms with E-state index in [1.807, 2.05) is 26.0 Å². The van der Waals surface area contributed by atoms with Crippen molar-refractivity contribution >= 4 is 11.0 Å². The molecule has 0 radical (unpaired) electrons. The van der Waals surface area contributed by atoms with Crippen molar-refractivity contribution in [3.63, 3.8) is 0 Å². The highest BCUT2D eigenvalue weighted by molar-refractivity contribution is 5.73. The van der Waals surface area contributed by atoms with E-state index in [1.54, 1.807) is 11.7 Å². The lowest BCUT2D eigenvalue weighted by Crippen LogP contribution is -2.29. The number of nitrogens with zero attached hydrogens (tertiary/aromatic N) is 3. The number of rotatable bonds is 0.